The van der Waals surface area contributed by atoms with E-state index < -0.39 is 0 Å². The molecule has 1 amide bonds. The number of nitrogens with two attached hydrogens (primary N) is 1. The van der Waals surface area contributed by atoms with Crippen molar-refractivity contribution in [2.45, 2.75) is 13.8 Å². The number of amides is 1. The number of carbonyl (C=O) groups excluding carboxylic acids is 1. The van der Waals surface area contributed by atoms with Crippen LogP contribution < -0.4 is 11.1 Å². The van der Waals surface area contributed by atoms with Gasteiger partial charge in [0.1, 0.15) is 5.82 Å². The molecule has 2 rings (SSSR count). The molecule has 4 heteroatoms. The molecule has 0 saturated carbocycles. The summed E-state index contributed by atoms with van der Waals surface area (Å²) in [4.78, 5) is 12.1. The molecule has 0 heterocycles. The molecule has 0 unspecified atom stereocenters. The fourth-order valence-electron chi connectivity index (χ4n) is 1.74. The zero-order valence-corrected chi connectivity index (χ0v) is 10.8. The number of aryl methyl sites for hydroxylation is 2. The summed E-state index contributed by atoms with van der Waals surface area (Å²) in [6.45, 7) is 3.61. The maximum Gasteiger partial charge on any atom is 0.255 e. The Hall–Kier alpha value is -2.36. The number of nitrogens with one attached hydrogen (secondary N) is 1. The van der Waals surface area contributed by atoms with E-state index in [0.29, 0.717) is 22.5 Å². The summed E-state index contributed by atoms with van der Waals surface area (Å²) in [6.07, 6.45) is 0. The van der Waals surface area contributed by atoms with Crippen LogP contribution in [0, 0.1) is 19.7 Å². The second-order valence-electron chi connectivity index (χ2n) is 4.48. The van der Waals surface area contributed by atoms with Crippen LogP contribution in [0.25, 0.3) is 0 Å². The first-order valence-electron chi connectivity index (χ1n) is 5.91. The second-order valence-corrected chi connectivity index (χ2v) is 4.48. The first kappa shape index (κ1) is 13.1. The lowest BCUT2D eigenvalue weighted by atomic mass is 10.1. The third kappa shape index (κ3) is 2.91. The van der Waals surface area contributed by atoms with E-state index >= 15 is 0 Å². The van der Waals surface area contributed by atoms with Crippen LogP contribution >= 0.6 is 0 Å². The van der Waals surface area contributed by atoms with Gasteiger partial charge in [0, 0.05) is 16.9 Å². The van der Waals surface area contributed by atoms with Crippen molar-refractivity contribution in [3.05, 3.63) is 58.9 Å². The third-order valence-corrected chi connectivity index (χ3v) is 2.98. The summed E-state index contributed by atoms with van der Waals surface area (Å²) in [5, 5.41) is 2.74. The van der Waals surface area contributed by atoms with Crippen LogP contribution in [0.4, 0.5) is 15.8 Å². The molecule has 2 aromatic carbocycles. The highest BCUT2D eigenvalue weighted by molar-refractivity contribution is 6.05. The van der Waals surface area contributed by atoms with Crippen molar-refractivity contribution in [3.8, 4) is 0 Å². The number of hydrogen-bond donors (Lipinski definition) is 2. The molecule has 2 aromatic rings. The van der Waals surface area contributed by atoms with E-state index in [9.17, 15) is 9.18 Å². The molecule has 0 fully saturated rings. The number of hydrogen-bond acceptors (Lipinski definition) is 2. The fraction of sp³-hybridized carbons (Fsp3) is 0.133. The third-order valence-electron chi connectivity index (χ3n) is 2.98. The highest BCUT2D eigenvalue weighted by atomic mass is 19.1. The van der Waals surface area contributed by atoms with Crippen molar-refractivity contribution >= 4 is 17.3 Å². The van der Waals surface area contributed by atoms with Crippen LogP contribution in [-0.2, 0) is 0 Å². The van der Waals surface area contributed by atoms with Gasteiger partial charge in [0.15, 0.2) is 0 Å². The maximum absolute atomic E-state index is 13.0. The van der Waals surface area contributed by atoms with Gasteiger partial charge in [-0.05, 0) is 55.3 Å². The molecule has 0 aliphatic heterocycles. The van der Waals surface area contributed by atoms with E-state index in [4.69, 9.17) is 5.73 Å². The number of halogens is 1. The number of rotatable bonds is 2. The van der Waals surface area contributed by atoms with Crippen molar-refractivity contribution in [1.29, 1.82) is 0 Å². The summed E-state index contributed by atoms with van der Waals surface area (Å²) < 4.78 is 13.0. The smallest absolute Gasteiger partial charge is 0.255 e. The van der Waals surface area contributed by atoms with E-state index in [1.165, 1.54) is 12.1 Å². The SMILES string of the molecule is Cc1ccc(C(=O)Nc2ccc(F)cc2C)cc1N. The molecule has 0 bridgehead atoms. The molecular weight excluding hydrogens is 243 g/mol. The van der Waals surface area contributed by atoms with E-state index in [-0.39, 0.29) is 11.7 Å². The van der Waals surface area contributed by atoms with Crippen LogP contribution in [0.2, 0.25) is 0 Å². The standard InChI is InChI=1S/C15H15FN2O/c1-9-3-4-11(8-13(9)17)15(19)18-14-6-5-12(16)7-10(14)2/h3-8H,17H2,1-2H3,(H,18,19). The summed E-state index contributed by atoms with van der Waals surface area (Å²) in [5.41, 5.74) is 9.01. The minimum Gasteiger partial charge on any atom is -0.398 e. The zero-order chi connectivity index (χ0) is 14.0. The number of benzene rings is 2. The van der Waals surface area contributed by atoms with Crippen molar-refractivity contribution in [3.63, 3.8) is 0 Å². The monoisotopic (exact) mass is 258 g/mol. The van der Waals surface area contributed by atoms with Gasteiger partial charge in [0.2, 0.25) is 0 Å². The highest BCUT2D eigenvalue weighted by Gasteiger charge is 2.09. The van der Waals surface area contributed by atoms with Gasteiger partial charge in [-0.1, -0.05) is 6.07 Å². The summed E-state index contributed by atoms with van der Waals surface area (Å²) in [5.74, 6) is -0.587. The molecule has 3 N–H and O–H groups in total. The molecular formula is C15H15FN2O. The summed E-state index contributed by atoms with van der Waals surface area (Å²) in [6, 6.07) is 9.36. The van der Waals surface area contributed by atoms with Gasteiger partial charge in [0.05, 0.1) is 0 Å². The zero-order valence-electron chi connectivity index (χ0n) is 10.8. The Morgan fingerprint density at radius 3 is 2.47 bits per heavy atom. The highest BCUT2D eigenvalue weighted by Crippen LogP contribution is 2.18. The molecule has 0 spiro atoms. The first-order valence-corrected chi connectivity index (χ1v) is 5.91. The fourth-order valence-corrected chi connectivity index (χ4v) is 1.74. The summed E-state index contributed by atoms with van der Waals surface area (Å²) >= 11 is 0. The number of nitrogen functional groups attached to an aromatic ring is 1. The van der Waals surface area contributed by atoms with Crippen LogP contribution in [0.5, 0.6) is 0 Å². The van der Waals surface area contributed by atoms with Crippen molar-refractivity contribution in [1.82, 2.24) is 0 Å². The van der Waals surface area contributed by atoms with E-state index in [2.05, 4.69) is 5.32 Å². The van der Waals surface area contributed by atoms with E-state index in [1.807, 2.05) is 6.92 Å². The van der Waals surface area contributed by atoms with Gasteiger partial charge in [-0.25, -0.2) is 4.39 Å². The maximum atomic E-state index is 13.0. The van der Waals surface area contributed by atoms with Gasteiger partial charge in [-0.2, -0.15) is 0 Å². The second kappa shape index (κ2) is 5.10. The quantitative estimate of drug-likeness (QED) is 0.812. The Bertz CT molecular complexity index is 638. The Balaban J connectivity index is 2.23. The Morgan fingerprint density at radius 1 is 1.11 bits per heavy atom. The van der Waals surface area contributed by atoms with Crippen LogP contribution in [0.1, 0.15) is 21.5 Å². The van der Waals surface area contributed by atoms with Crippen LogP contribution in [0.15, 0.2) is 36.4 Å². The van der Waals surface area contributed by atoms with Gasteiger partial charge in [-0.15, -0.1) is 0 Å². The predicted octanol–water partition coefficient (Wildman–Crippen LogP) is 3.28. The molecule has 19 heavy (non-hydrogen) atoms. The minimum atomic E-state index is -0.324. The van der Waals surface area contributed by atoms with E-state index in [0.717, 1.165) is 5.56 Å². The number of carbonyl (C=O) groups is 1. The molecule has 98 valence electrons. The Morgan fingerprint density at radius 2 is 1.84 bits per heavy atom. The first-order chi connectivity index (χ1) is 8.97. The molecule has 0 aliphatic carbocycles. The molecule has 3 nitrogen and oxygen atoms in total. The van der Waals surface area contributed by atoms with Gasteiger partial charge in [0.25, 0.3) is 5.91 Å². The average Bonchev–Trinajstić information content (AvgIpc) is 2.36. The lowest BCUT2D eigenvalue weighted by molar-refractivity contribution is 0.102. The lowest BCUT2D eigenvalue weighted by Gasteiger charge is -2.09. The van der Waals surface area contributed by atoms with Gasteiger partial charge >= 0.3 is 0 Å². The molecule has 0 aliphatic rings. The predicted molar refractivity (Wildman–Crippen MR) is 74.7 cm³/mol. The minimum absolute atomic E-state index is 0.263. The van der Waals surface area contributed by atoms with Crippen molar-refractivity contribution in [2.75, 3.05) is 11.1 Å². The van der Waals surface area contributed by atoms with Gasteiger partial charge in [-0.3, -0.25) is 4.79 Å². The Labute approximate surface area is 111 Å². The molecule has 0 atom stereocenters. The normalized spacial score (nSPS) is 10.3. The van der Waals surface area contributed by atoms with Gasteiger partial charge < -0.3 is 11.1 Å². The Kier molecular flexibility index (Phi) is 3.51. The van der Waals surface area contributed by atoms with E-state index in [1.54, 1.807) is 31.2 Å². The number of anilines is 2. The van der Waals surface area contributed by atoms with Crippen LogP contribution in [0.3, 0.4) is 0 Å². The lowest BCUT2D eigenvalue weighted by Crippen LogP contribution is -2.13. The van der Waals surface area contributed by atoms with Crippen LogP contribution in [-0.4, -0.2) is 5.91 Å². The molecule has 0 saturated heterocycles. The molecule has 0 aromatic heterocycles. The largest absolute Gasteiger partial charge is 0.398 e. The molecule has 0 radical (unpaired) electrons. The van der Waals surface area contributed by atoms with Crippen molar-refractivity contribution < 1.29 is 9.18 Å². The van der Waals surface area contributed by atoms with Crippen molar-refractivity contribution in [2.24, 2.45) is 0 Å². The topological polar surface area (TPSA) is 55.1 Å². The summed E-state index contributed by atoms with van der Waals surface area (Å²) in [7, 11) is 0. The average molecular weight is 258 g/mol.